The van der Waals surface area contributed by atoms with E-state index < -0.39 is 37.3 Å². The Bertz CT molecular complexity index is 302. The van der Waals surface area contributed by atoms with Gasteiger partial charge in [-0.05, 0) is 6.42 Å². The van der Waals surface area contributed by atoms with E-state index in [1.54, 1.807) is 0 Å². The van der Waals surface area contributed by atoms with Crippen LogP contribution in [-0.2, 0) is 18.9 Å². The fourth-order valence-electron chi connectivity index (χ4n) is 2.38. The molecule has 8 heteroatoms. The molecule has 4 N–H and O–H groups in total. The van der Waals surface area contributed by atoms with E-state index in [4.69, 9.17) is 24.1 Å². The molecule has 0 bridgehead atoms. The molecule has 0 amide bonds. The zero-order valence-corrected chi connectivity index (χ0v) is 14.4. The zero-order valence-electron chi connectivity index (χ0n) is 14.4. The van der Waals surface area contributed by atoms with Crippen molar-refractivity contribution in [3.05, 3.63) is 0 Å². The lowest BCUT2D eigenvalue weighted by Crippen LogP contribution is -2.59. The smallest absolute Gasteiger partial charge is 0.186 e. The number of ether oxygens (including phenoxy) is 4. The molecule has 0 radical (unpaired) electrons. The molecule has 144 valence electrons. The second-order valence-corrected chi connectivity index (χ2v) is 5.85. The van der Waals surface area contributed by atoms with Gasteiger partial charge in [-0.25, -0.2) is 0 Å². The van der Waals surface area contributed by atoms with E-state index in [1.807, 2.05) is 0 Å². The molecular weight excluding hydrogens is 320 g/mol. The van der Waals surface area contributed by atoms with Crippen molar-refractivity contribution < 1.29 is 39.4 Å². The van der Waals surface area contributed by atoms with Gasteiger partial charge < -0.3 is 39.4 Å². The Morgan fingerprint density at radius 3 is 2.12 bits per heavy atom. The van der Waals surface area contributed by atoms with Gasteiger partial charge in [-0.2, -0.15) is 0 Å². The third-order valence-corrected chi connectivity index (χ3v) is 3.87. The van der Waals surface area contributed by atoms with Gasteiger partial charge in [0, 0.05) is 6.61 Å². The van der Waals surface area contributed by atoms with Crippen molar-refractivity contribution in [3.63, 3.8) is 0 Å². The normalized spacial score (nSPS) is 30.6. The number of aliphatic hydroxyl groups excluding tert-OH is 4. The Morgan fingerprint density at radius 1 is 0.792 bits per heavy atom. The molecule has 1 aliphatic rings. The average molecular weight is 352 g/mol. The summed E-state index contributed by atoms with van der Waals surface area (Å²) < 4.78 is 21.3. The lowest BCUT2D eigenvalue weighted by molar-refractivity contribution is -0.302. The SMILES string of the molecule is CCCCCCOCCOCCOC1O[C@H](CO)[C@@H](O)[C@H](O)[C@H]1O. The van der Waals surface area contributed by atoms with Crippen LogP contribution in [-0.4, -0.2) is 90.8 Å². The first-order valence-electron chi connectivity index (χ1n) is 8.69. The van der Waals surface area contributed by atoms with E-state index in [9.17, 15) is 15.3 Å². The number of unbranched alkanes of at least 4 members (excludes halogenated alkanes) is 3. The van der Waals surface area contributed by atoms with E-state index in [1.165, 1.54) is 19.3 Å². The Morgan fingerprint density at radius 2 is 1.46 bits per heavy atom. The lowest BCUT2D eigenvalue weighted by atomic mass is 9.99. The van der Waals surface area contributed by atoms with Crippen LogP contribution in [0.5, 0.6) is 0 Å². The summed E-state index contributed by atoms with van der Waals surface area (Å²) in [6.45, 7) is 3.84. The highest BCUT2D eigenvalue weighted by molar-refractivity contribution is 4.88. The number of rotatable bonds is 13. The molecule has 1 fully saturated rings. The first-order chi connectivity index (χ1) is 11.6. The molecule has 1 saturated heterocycles. The molecule has 0 spiro atoms. The van der Waals surface area contributed by atoms with Gasteiger partial charge in [0.2, 0.25) is 0 Å². The van der Waals surface area contributed by atoms with Gasteiger partial charge in [-0.3, -0.25) is 0 Å². The zero-order chi connectivity index (χ0) is 17.8. The molecule has 24 heavy (non-hydrogen) atoms. The summed E-state index contributed by atoms with van der Waals surface area (Å²) in [4.78, 5) is 0. The van der Waals surface area contributed by atoms with Gasteiger partial charge in [0.25, 0.3) is 0 Å². The van der Waals surface area contributed by atoms with Crippen molar-refractivity contribution in [1.29, 1.82) is 0 Å². The molecule has 1 unspecified atom stereocenters. The first kappa shape index (κ1) is 21.7. The largest absolute Gasteiger partial charge is 0.394 e. The second-order valence-electron chi connectivity index (χ2n) is 5.85. The van der Waals surface area contributed by atoms with Crippen LogP contribution in [0.4, 0.5) is 0 Å². The van der Waals surface area contributed by atoms with Crippen molar-refractivity contribution in [2.24, 2.45) is 0 Å². The maximum atomic E-state index is 9.78. The molecule has 5 atom stereocenters. The summed E-state index contributed by atoms with van der Waals surface area (Å²) in [5, 5.41) is 38.1. The van der Waals surface area contributed by atoms with Gasteiger partial charge in [-0.15, -0.1) is 0 Å². The number of hydrogen-bond donors (Lipinski definition) is 4. The van der Waals surface area contributed by atoms with Crippen LogP contribution in [0.25, 0.3) is 0 Å². The molecule has 1 aliphatic heterocycles. The minimum atomic E-state index is -1.43. The van der Waals surface area contributed by atoms with Crippen molar-refractivity contribution in [2.75, 3.05) is 39.6 Å². The monoisotopic (exact) mass is 352 g/mol. The summed E-state index contributed by atoms with van der Waals surface area (Å²) in [6.07, 6.45) is -1.58. The van der Waals surface area contributed by atoms with Gasteiger partial charge in [0.05, 0.1) is 33.0 Å². The Labute approximate surface area is 143 Å². The Balaban J connectivity index is 2.02. The van der Waals surface area contributed by atoms with Gasteiger partial charge in [0.15, 0.2) is 6.29 Å². The van der Waals surface area contributed by atoms with Crippen LogP contribution in [0.3, 0.4) is 0 Å². The third kappa shape index (κ3) is 7.71. The second kappa shape index (κ2) is 13.0. The third-order valence-electron chi connectivity index (χ3n) is 3.87. The number of aliphatic hydroxyl groups is 4. The summed E-state index contributed by atoms with van der Waals surface area (Å²) >= 11 is 0. The van der Waals surface area contributed by atoms with Gasteiger partial charge in [0.1, 0.15) is 24.4 Å². The fraction of sp³-hybridized carbons (Fsp3) is 1.00. The minimum absolute atomic E-state index is 0.152. The van der Waals surface area contributed by atoms with E-state index in [2.05, 4.69) is 6.92 Å². The summed E-state index contributed by atoms with van der Waals surface area (Å²) in [6, 6.07) is 0. The van der Waals surface area contributed by atoms with Crippen LogP contribution in [0, 0.1) is 0 Å². The van der Waals surface area contributed by atoms with Crippen LogP contribution in [0.1, 0.15) is 32.6 Å². The van der Waals surface area contributed by atoms with Crippen molar-refractivity contribution in [1.82, 2.24) is 0 Å². The average Bonchev–Trinajstić information content (AvgIpc) is 2.59. The molecule has 0 aromatic heterocycles. The maximum absolute atomic E-state index is 9.78. The van der Waals surface area contributed by atoms with Gasteiger partial charge >= 0.3 is 0 Å². The van der Waals surface area contributed by atoms with Crippen molar-refractivity contribution >= 4 is 0 Å². The molecule has 1 heterocycles. The van der Waals surface area contributed by atoms with E-state index >= 15 is 0 Å². The first-order valence-corrected chi connectivity index (χ1v) is 8.69. The van der Waals surface area contributed by atoms with Crippen molar-refractivity contribution in [2.45, 2.75) is 63.3 Å². The summed E-state index contributed by atoms with van der Waals surface area (Å²) in [7, 11) is 0. The predicted octanol–water partition coefficient (Wildman–Crippen LogP) is -0.584. The van der Waals surface area contributed by atoms with Crippen LogP contribution in [0.2, 0.25) is 0 Å². The minimum Gasteiger partial charge on any atom is -0.394 e. The molecular formula is C16H32O8. The lowest BCUT2D eigenvalue weighted by Gasteiger charge is -2.39. The van der Waals surface area contributed by atoms with E-state index in [-0.39, 0.29) is 13.2 Å². The Kier molecular flexibility index (Phi) is 11.7. The molecule has 0 aromatic carbocycles. The highest BCUT2D eigenvalue weighted by Crippen LogP contribution is 2.21. The standard InChI is InChI=1S/C16H32O8/c1-2-3-4-5-6-21-7-8-22-9-10-23-16-15(20)14(19)13(18)12(11-17)24-16/h12-20H,2-11H2,1H3/t12-,13-,14+,15-,16?/m1/s1. The quantitative estimate of drug-likeness (QED) is 0.325. The topological polar surface area (TPSA) is 118 Å². The molecule has 1 rings (SSSR count). The van der Waals surface area contributed by atoms with Gasteiger partial charge in [-0.1, -0.05) is 26.2 Å². The Hall–Kier alpha value is -0.320. The summed E-state index contributed by atoms with van der Waals surface area (Å²) in [5.74, 6) is 0. The molecule has 0 aliphatic carbocycles. The predicted molar refractivity (Wildman–Crippen MR) is 85.5 cm³/mol. The fourth-order valence-corrected chi connectivity index (χ4v) is 2.38. The van der Waals surface area contributed by atoms with E-state index in [0.717, 1.165) is 13.0 Å². The van der Waals surface area contributed by atoms with Crippen LogP contribution in [0.15, 0.2) is 0 Å². The summed E-state index contributed by atoms with van der Waals surface area (Å²) in [5.41, 5.74) is 0. The maximum Gasteiger partial charge on any atom is 0.186 e. The molecule has 8 nitrogen and oxygen atoms in total. The molecule has 0 saturated carbocycles. The molecule has 0 aromatic rings. The van der Waals surface area contributed by atoms with E-state index in [0.29, 0.717) is 13.2 Å². The highest BCUT2D eigenvalue weighted by Gasteiger charge is 2.43. The van der Waals surface area contributed by atoms with Crippen LogP contribution < -0.4 is 0 Å². The van der Waals surface area contributed by atoms with Crippen molar-refractivity contribution in [3.8, 4) is 0 Å². The highest BCUT2D eigenvalue weighted by atomic mass is 16.7. The van der Waals surface area contributed by atoms with Crippen LogP contribution >= 0.6 is 0 Å². The number of hydrogen-bond acceptors (Lipinski definition) is 8.